The van der Waals surface area contributed by atoms with Crippen LogP contribution in [0.15, 0.2) is 54.6 Å². The molecule has 6 nitrogen and oxygen atoms in total. The number of nitro benzene ring substituents is 1. The van der Waals surface area contributed by atoms with Crippen LogP contribution in [0.4, 0.5) is 11.4 Å². The first-order valence-corrected chi connectivity index (χ1v) is 7.25. The smallest absolute Gasteiger partial charge is 0.312 e. The Labute approximate surface area is 133 Å². The topological polar surface area (TPSA) is 72.7 Å². The van der Waals surface area contributed by atoms with Crippen molar-refractivity contribution < 1.29 is 14.5 Å². The van der Waals surface area contributed by atoms with Crippen LogP contribution in [0.25, 0.3) is 0 Å². The number of methoxy groups -OCH3 is 1. The van der Waals surface area contributed by atoms with Gasteiger partial charge < -0.3 is 9.64 Å². The zero-order valence-corrected chi connectivity index (χ0v) is 12.6. The van der Waals surface area contributed by atoms with Gasteiger partial charge in [-0.3, -0.25) is 14.9 Å². The van der Waals surface area contributed by atoms with E-state index in [1.165, 1.54) is 19.2 Å². The van der Waals surface area contributed by atoms with Crippen LogP contribution < -0.4 is 4.90 Å². The van der Waals surface area contributed by atoms with E-state index in [2.05, 4.69) is 4.90 Å². The Bertz CT molecular complexity index is 715. The van der Waals surface area contributed by atoms with Gasteiger partial charge in [0.1, 0.15) is 0 Å². The molecule has 2 aromatic carbocycles. The SMILES string of the molecule is COC(=O)[C@@H]1CN(c2ccccc2)[C@H]1c1ccc([N+](=O)[O-])cc1. The van der Waals surface area contributed by atoms with Crippen molar-refractivity contribution in [2.24, 2.45) is 5.92 Å². The molecule has 118 valence electrons. The van der Waals surface area contributed by atoms with Crippen molar-refractivity contribution in [3.63, 3.8) is 0 Å². The van der Waals surface area contributed by atoms with E-state index in [1.54, 1.807) is 12.1 Å². The number of anilines is 1. The molecule has 0 unspecified atom stereocenters. The highest BCUT2D eigenvalue weighted by Gasteiger charge is 2.45. The van der Waals surface area contributed by atoms with Gasteiger partial charge in [0.25, 0.3) is 5.69 Å². The number of para-hydroxylation sites is 1. The van der Waals surface area contributed by atoms with Crippen molar-refractivity contribution in [1.82, 2.24) is 0 Å². The van der Waals surface area contributed by atoms with Crippen LogP contribution in [0.5, 0.6) is 0 Å². The molecule has 0 saturated carbocycles. The molecule has 0 bridgehead atoms. The molecule has 1 aliphatic rings. The summed E-state index contributed by atoms with van der Waals surface area (Å²) in [5, 5.41) is 10.8. The average Bonchev–Trinajstić information content (AvgIpc) is 2.55. The van der Waals surface area contributed by atoms with E-state index < -0.39 is 4.92 Å². The van der Waals surface area contributed by atoms with Crippen molar-refractivity contribution >= 4 is 17.3 Å². The number of hydrogen-bond acceptors (Lipinski definition) is 5. The molecule has 3 rings (SSSR count). The van der Waals surface area contributed by atoms with Gasteiger partial charge in [0.15, 0.2) is 0 Å². The van der Waals surface area contributed by atoms with Gasteiger partial charge in [-0.1, -0.05) is 30.3 Å². The predicted octanol–water partition coefficient (Wildman–Crippen LogP) is 2.95. The summed E-state index contributed by atoms with van der Waals surface area (Å²) in [5.41, 5.74) is 1.91. The third-order valence-electron chi connectivity index (χ3n) is 4.15. The summed E-state index contributed by atoms with van der Waals surface area (Å²) >= 11 is 0. The fraction of sp³-hybridized carbons (Fsp3) is 0.235. The summed E-state index contributed by atoms with van der Waals surface area (Å²) in [7, 11) is 1.38. The summed E-state index contributed by atoms with van der Waals surface area (Å²) in [6, 6.07) is 15.9. The van der Waals surface area contributed by atoms with E-state index in [0.29, 0.717) is 6.54 Å². The first kappa shape index (κ1) is 15.0. The Morgan fingerprint density at radius 1 is 1.17 bits per heavy atom. The highest BCUT2D eigenvalue weighted by Crippen LogP contribution is 2.43. The van der Waals surface area contributed by atoms with Crippen molar-refractivity contribution in [2.45, 2.75) is 6.04 Å². The maximum absolute atomic E-state index is 12.0. The van der Waals surface area contributed by atoms with Gasteiger partial charge in [-0.2, -0.15) is 0 Å². The van der Waals surface area contributed by atoms with Gasteiger partial charge in [0.05, 0.1) is 24.0 Å². The molecular weight excluding hydrogens is 296 g/mol. The van der Waals surface area contributed by atoms with Crippen LogP contribution in [-0.2, 0) is 9.53 Å². The molecule has 1 aliphatic heterocycles. The number of nitrogens with zero attached hydrogens (tertiary/aromatic N) is 2. The third-order valence-corrected chi connectivity index (χ3v) is 4.15. The number of carbonyl (C=O) groups is 1. The number of esters is 1. The molecule has 0 radical (unpaired) electrons. The zero-order valence-electron chi connectivity index (χ0n) is 12.6. The first-order chi connectivity index (χ1) is 11.1. The van der Waals surface area contributed by atoms with E-state index in [4.69, 9.17) is 4.74 Å². The minimum Gasteiger partial charge on any atom is -0.469 e. The third kappa shape index (κ3) is 2.75. The van der Waals surface area contributed by atoms with Crippen LogP contribution in [0.1, 0.15) is 11.6 Å². The second-order valence-corrected chi connectivity index (χ2v) is 5.41. The molecule has 2 atom stereocenters. The summed E-state index contributed by atoms with van der Waals surface area (Å²) in [5.74, 6) is -0.540. The monoisotopic (exact) mass is 312 g/mol. The normalized spacial score (nSPS) is 19.8. The Hall–Kier alpha value is -2.89. The van der Waals surface area contributed by atoms with Crippen LogP contribution >= 0.6 is 0 Å². The molecule has 1 saturated heterocycles. The van der Waals surface area contributed by atoms with Crippen LogP contribution in [0, 0.1) is 16.0 Å². The van der Waals surface area contributed by atoms with Crippen molar-refractivity contribution in [2.75, 3.05) is 18.6 Å². The number of hydrogen-bond donors (Lipinski definition) is 0. The van der Waals surface area contributed by atoms with Crippen LogP contribution in [0.2, 0.25) is 0 Å². The number of ether oxygens (including phenoxy) is 1. The van der Waals surface area contributed by atoms with Gasteiger partial charge >= 0.3 is 5.97 Å². The number of rotatable bonds is 4. The minimum atomic E-state index is -0.433. The second kappa shape index (κ2) is 6.08. The summed E-state index contributed by atoms with van der Waals surface area (Å²) in [6.45, 7) is 0.568. The van der Waals surface area contributed by atoms with Gasteiger partial charge in [-0.25, -0.2) is 0 Å². The van der Waals surface area contributed by atoms with E-state index in [1.807, 2.05) is 30.3 Å². The Morgan fingerprint density at radius 3 is 2.39 bits per heavy atom. The molecule has 6 heteroatoms. The van der Waals surface area contributed by atoms with Gasteiger partial charge in [-0.15, -0.1) is 0 Å². The summed E-state index contributed by atoms with van der Waals surface area (Å²) in [4.78, 5) is 24.4. The predicted molar refractivity (Wildman–Crippen MR) is 85.1 cm³/mol. The highest BCUT2D eigenvalue weighted by atomic mass is 16.6. The lowest BCUT2D eigenvalue weighted by Gasteiger charge is -2.48. The van der Waals surface area contributed by atoms with Crippen molar-refractivity contribution in [3.05, 3.63) is 70.3 Å². The molecule has 0 aromatic heterocycles. The molecule has 1 heterocycles. The molecule has 2 aromatic rings. The quantitative estimate of drug-likeness (QED) is 0.493. The van der Waals surface area contributed by atoms with Gasteiger partial charge in [0.2, 0.25) is 0 Å². The Kier molecular flexibility index (Phi) is 3.97. The van der Waals surface area contributed by atoms with Crippen molar-refractivity contribution in [3.8, 4) is 0 Å². The summed E-state index contributed by atoms with van der Waals surface area (Å²) in [6.07, 6.45) is 0. The standard InChI is InChI=1S/C17H16N2O4/c1-23-17(20)15-11-18(13-5-3-2-4-6-13)16(15)12-7-9-14(10-8-12)19(21)22/h2-10,15-16H,11H2,1H3/t15-,16+/m1/s1. The lowest BCUT2D eigenvalue weighted by Crippen LogP contribution is -2.53. The van der Waals surface area contributed by atoms with Crippen molar-refractivity contribution in [1.29, 1.82) is 0 Å². The largest absolute Gasteiger partial charge is 0.469 e. The van der Waals surface area contributed by atoms with E-state index in [-0.39, 0.29) is 23.6 Å². The van der Waals surface area contributed by atoms with E-state index >= 15 is 0 Å². The molecule has 23 heavy (non-hydrogen) atoms. The van der Waals surface area contributed by atoms with Crippen LogP contribution in [-0.4, -0.2) is 24.5 Å². The lowest BCUT2D eigenvalue weighted by molar-refractivity contribution is -0.384. The van der Waals surface area contributed by atoms with E-state index in [9.17, 15) is 14.9 Å². The average molecular weight is 312 g/mol. The molecule has 0 spiro atoms. The molecule has 0 aliphatic carbocycles. The number of nitro groups is 1. The first-order valence-electron chi connectivity index (χ1n) is 7.25. The lowest BCUT2D eigenvalue weighted by atomic mass is 9.82. The molecule has 1 fully saturated rings. The molecule has 0 amide bonds. The van der Waals surface area contributed by atoms with Gasteiger partial charge in [0, 0.05) is 24.4 Å². The maximum Gasteiger partial charge on any atom is 0.312 e. The minimum absolute atomic E-state index is 0.0361. The highest BCUT2D eigenvalue weighted by molar-refractivity contribution is 5.78. The number of carbonyl (C=O) groups excluding carboxylic acids is 1. The molecular formula is C17H16N2O4. The fourth-order valence-corrected chi connectivity index (χ4v) is 2.95. The van der Waals surface area contributed by atoms with Gasteiger partial charge in [-0.05, 0) is 17.7 Å². The molecule has 0 N–H and O–H groups in total. The zero-order chi connectivity index (χ0) is 16.4. The van der Waals surface area contributed by atoms with Crippen LogP contribution in [0.3, 0.4) is 0 Å². The number of benzene rings is 2. The maximum atomic E-state index is 12.0. The fourth-order valence-electron chi connectivity index (χ4n) is 2.95. The van der Waals surface area contributed by atoms with E-state index in [0.717, 1.165) is 11.3 Å². The number of non-ortho nitro benzene ring substituents is 1. The Morgan fingerprint density at radius 2 is 1.83 bits per heavy atom. The second-order valence-electron chi connectivity index (χ2n) is 5.41. The summed E-state index contributed by atoms with van der Waals surface area (Å²) < 4.78 is 4.88. The Balaban J connectivity index is 1.92.